The zero-order chi connectivity index (χ0) is 18.4. The minimum absolute atomic E-state index is 0.0702. The third-order valence-corrected chi connectivity index (χ3v) is 4.10. The van der Waals surface area contributed by atoms with Gasteiger partial charge in [0.2, 0.25) is 5.95 Å². The molecule has 0 radical (unpaired) electrons. The number of benzene rings is 1. The molecule has 1 aromatic carbocycles. The number of carbonyl (C=O) groups is 1. The summed E-state index contributed by atoms with van der Waals surface area (Å²) in [5.41, 5.74) is 3.36. The smallest absolute Gasteiger partial charge is 0.272 e. The largest absolute Gasteiger partial charge is 0.340 e. The Morgan fingerprint density at radius 1 is 1.24 bits per heavy atom. The third-order valence-electron chi connectivity index (χ3n) is 4.10. The van der Waals surface area contributed by atoms with Gasteiger partial charge in [-0.05, 0) is 37.0 Å². The van der Waals surface area contributed by atoms with Gasteiger partial charge in [-0.15, -0.1) is 0 Å². The summed E-state index contributed by atoms with van der Waals surface area (Å²) in [6.07, 6.45) is 2.04. The number of para-hydroxylation sites is 1. The fourth-order valence-electron chi connectivity index (χ4n) is 2.66. The summed E-state index contributed by atoms with van der Waals surface area (Å²) in [4.78, 5) is 23.2. The van der Waals surface area contributed by atoms with Crippen molar-refractivity contribution in [1.82, 2.24) is 14.9 Å². The molecule has 5 nitrogen and oxygen atoms in total. The molecule has 1 N–H and O–H groups in total. The summed E-state index contributed by atoms with van der Waals surface area (Å²) in [5.74, 6) is 0.772. The van der Waals surface area contributed by atoms with Crippen molar-refractivity contribution in [3.63, 3.8) is 0 Å². The number of anilines is 2. The summed E-state index contributed by atoms with van der Waals surface area (Å²) < 4.78 is 0. The van der Waals surface area contributed by atoms with Crippen molar-refractivity contribution in [3.8, 4) is 0 Å². The van der Waals surface area contributed by atoms with Gasteiger partial charge in [0.15, 0.2) is 0 Å². The average Bonchev–Trinajstić information content (AvgIpc) is 2.58. The van der Waals surface area contributed by atoms with Crippen LogP contribution in [0.4, 0.5) is 11.6 Å². The van der Waals surface area contributed by atoms with E-state index in [0.29, 0.717) is 17.6 Å². The fourth-order valence-corrected chi connectivity index (χ4v) is 2.66. The second kappa shape index (κ2) is 8.60. The Labute approximate surface area is 150 Å². The maximum atomic E-state index is 12.6. The first-order valence-electron chi connectivity index (χ1n) is 8.89. The molecule has 0 fully saturated rings. The molecule has 5 heteroatoms. The first kappa shape index (κ1) is 18.9. The quantitative estimate of drug-likeness (QED) is 0.805. The van der Waals surface area contributed by atoms with Crippen LogP contribution in [-0.2, 0) is 0 Å². The van der Waals surface area contributed by atoms with E-state index in [4.69, 9.17) is 0 Å². The summed E-state index contributed by atoms with van der Waals surface area (Å²) in [7, 11) is 1.82. The number of carbonyl (C=O) groups excluding carboxylic acids is 1. The zero-order valence-electron chi connectivity index (χ0n) is 15.8. The number of aromatic nitrogens is 2. The van der Waals surface area contributed by atoms with E-state index in [2.05, 4.69) is 42.1 Å². The SMILES string of the molecule is CCCCN(C)C(=O)c1cc(C)nc(Nc2ccccc2C(C)C)n1. The first-order chi connectivity index (χ1) is 11.9. The topological polar surface area (TPSA) is 58.1 Å². The van der Waals surface area contributed by atoms with Gasteiger partial charge in [-0.2, -0.15) is 0 Å². The highest BCUT2D eigenvalue weighted by molar-refractivity contribution is 5.92. The molecule has 0 aliphatic carbocycles. The zero-order valence-corrected chi connectivity index (χ0v) is 15.8. The van der Waals surface area contributed by atoms with Crippen LogP contribution >= 0.6 is 0 Å². The highest BCUT2D eigenvalue weighted by atomic mass is 16.2. The molecular weight excluding hydrogens is 312 g/mol. The van der Waals surface area contributed by atoms with Crippen LogP contribution < -0.4 is 5.32 Å². The number of unbranched alkanes of at least 4 members (excludes halogenated alkanes) is 1. The molecule has 0 saturated heterocycles. The molecular formula is C20H28N4O. The normalized spacial score (nSPS) is 10.8. The van der Waals surface area contributed by atoms with Gasteiger partial charge in [0, 0.05) is 25.0 Å². The van der Waals surface area contributed by atoms with E-state index in [-0.39, 0.29) is 5.91 Å². The molecule has 0 unspecified atom stereocenters. The number of nitrogens with one attached hydrogen (secondary N) is 1. The molecule has 0 bridgehead atoms. The van der Waals surface area contributed by atoms with Crippen molar-refractivity contribution in [3.05, 3.63) is 47.3 Å². The van der Waals surface area contributed by atoms with Crippen molar-refractivity contribution in [2.75, 3.05) is 18.9 Å². The molecule has 2 aromatic rings. The molecule has 0 atom stereocenters. The molecule has 0 saturated carbocycles. The van der Waals surface area contributed by atoms with E-state index in [1.54, 1.807) is 11.0 Å². The highest BCUT2D eigenvalue weighted by Crippen LogP contribution is 2.25. The van der Waals surface area contributed by atoms with Crippen LogP contribution in [0.5, 0.6) is 0 Å². The van der Waals surface area contributed by atoms with Gasteiger partial charge >= 0.3 is 0 Å². The minimum atomic E-state index is -0.0702. The Kier molecular flexibility index (Phi) is 6.51. The minimum Gasteiger partial charge on any atom is -0.340 e. The van der Waals surface area contributed by atoms with Crippen LogP contribution in [-0.4, -0.2) is 34.4 Å². The Balaban J connectivity index is 2.26. The van der Waals surface area contributed by atoms with Crippen LogP contribution in [0, 0.1) is 6.92 Å². The monoisotopic (exact) mass is 340 g/mol. The molecule has 134 valence electrons. The molecule has 0 aliphatic rings. The molecule has 1 heterocycles. The van der Waals surface area contributed by atoms with Crippen LogP contribution in [0.1, 0.15) is 61.3 Å². The van der Waals surface area contributed by atoms with Gasteiger partial charge in [-0.3, -0.25) is 4.79 Å². The van der Waals surface area contributed by atoms with E-state index in [1.165, 1.54) is 5.56 Å². The summed E-state index contributed by atoms with van der Waals surface area (Å²) in [5, 5.41) is 3.28. The van der Waals surface area contributed by atoms with Gasteiger partial charge < -0.3 is 10.2 Å². The Bertz CT molecular complexity index is 727. The Hall–Kier alpha value is -2.43. The standard InChI is InChI=1S/C20H28N4O/c1-6-7-12-24(5)19(25)18-13-15(4)21-20(23-18)22-17-11-9-8-10-16(17)14(2)3/h8-11,13-14H,6-7,12H2,1-5H3,(H,21,22,23). The lowest BCUT2D eigenvalue weighted by molar-refractivity contribution is 0.0787. The first-order valence-corrected chi connectivity index (χ1v) is 8.89. The van der Waals surface area contributed by atoms with E-state index < -0.39 is 0 Å². The molecule has 1 amide bonds. The maximum absolute atomic E-state index is 12.6. The van der Waals surface area contributed by atoms with Crippen molar-refractivity contribution in [1.29, 1.82) is 0 Å². The lowest BCUT2D eigenvalue weighted by Crippen LogP contribution is -2.28. The number of rotatable bonds is 7. The maximum Gasteiger partial charge on any atom is 0.272 e. The lowest BCUT2D eigenvalue weighted by atomic mass is 10.0. The van der Waals surface area contributed by atoms with Crippen LogP contribution in [0.3, 0.4) is 0 Å². The molecule has 1 aromatic heterocycles. The van der Waals surface area contributed by atoms with Gasteiger partial charge in [0.1, 0.15) is 5.69 Å². The summed E-state index contributed by atoms with van der Waals surface area (Å²) >= 11 is 0. The van der Waals surface area contributed by atoms with E-state index >= 15 is 0 Å². The number of aryl methyl sites for hydroxylation is 1. The number of amides is 1. The molecule has 0 aliphatic heterocycles. The lowest BCUT2D eigenvalue weighted by Gasteiger charge is -2.17. The van der Waals surface area contributed by atoms with Gasteiger partial charge in [0.25, 0.3) is 5.91 Å². The van der Waals surface area contributed by atoms with Crippen LogP contribution in [0.15, 0.2) is 30.3 Å². The second-order valence-electron chi connectivity index (χ2n) is 6.67. The Morgan fingerprint density at radius 2 is 1.96 bits per heavy atom. The van der Waals surface area contributed by atoms with E-state index in [0.717, 1.165) is 30.8 Å². The van der Waals surface area contributed by atoms with Crippen LogP contribution in [0.2, 0.25) is 0 Å². The van der Waals surface area contributed by atoms with E-state index in [1.807, 2.05) is 32.2 Å². The van der Waals surface area contributed by atoms with Crippen molar-refractivity contribution < 1.29 is 4.79 Å². The van der Waals surface area contributed by atoms with Crippen molar-refractivity contribution in [2.24, 2.45) is 0 Å². The third kappa shape index (κ3) is 5.02. The summed E-state index contributed by atoms with van der Waals surface area (Å²) in [6.45, 7) is 9.02. The molecule has 25 heavy (non-hydrogen) atoms. The number of hydrogen-bond donors (Lipinski definition) is 1. The van der Waals surface area contributed by atoms with Gasteiger partial charge in [-0.1, -0.05) is 45.4 Å². The van der Waals surface area contributed by atoms with Gasteiger partial charge in [-0.25, -0.2) is 9.97 Å². The predicted octanol–water partition coefficient (Wildman–Crippen LogP) is 4.52. The molecule has 2 rings (SSSR count). The number of nitrogens with zero attached hydrogens (tertiary/aromatic N) is 3. The Morgan fingerprint density at radius 3 is 2.64 bits per heavy atom. The van der Waals surface area contributed by atoms with Gasteiger partial charge in [0.05, 0.1) is 0 Å². The highest BCUT2D eigenvalue weighted by Gasteiger charge is 2.15. The summed E-state index contributed by atoms with van der Waals surface area (Å²) in [6, 6.07) is 9.84. The van der Waals surface area contributed by atoms with E-state index in [9.17, 15) is 4.79 Å². The second-order valence-corrected chi connectivity index (χ2v) is 6.67. The van der Waals surface area contributed by atoms with Crippen molar-refractivity contribution in [2.45, 2.75) is 46.5 Å². The fraction of sp³-hybridized carbons (Fsp3) is 0.450. The van der Waals surface area contributed by atoms with Crippen LogP contribution in [0.25, 0.3) is 0 Å². The molecule has 0 spiro atoms. The number of hydrogen-bond acceptors (Lipinski definition) is 4. The predicted molar refractivity (Wildman–Crippen MR) is 102 cm³/mol. The average molecular weight is 340 g/mol. The van der Waals surface area contributed by atoms with Crippen molar-refractivity contribution >= 4 is 17.5 Å².